The summed E-state index contributed by atoms with van der Waals surface area (Å²) in [5.74, 6) is -0.785. The number of aliphatic carboxylic acids is 1. The molecule has 0 aliphatic carbocycles. The molecule has 0 amide bonds. The fourth-order valence-corrected chi connectivity index (χ4v) is 2.36. The lowest BCUT2D eigenvalue weighted by Crippen LogP contribution is -2.62. The van der Waals surface area contributed by atoms with Crippen molar-refractivity contribution >= 4 is 33.4 Å². The smallest absolute Gasteiger partial charge is 0.329 e. The predicted octanol–water partition coefficient (Wildman–Crippen LogP) is 1.43. The molecule has 0 unspecified atom stereocenters. The van der Waals surface area contributed by atoms with E-state index in [0.29, 0.717) is 17.6 Å². The first-order valence-electron chi connectivity index (χ1n) is 5.71. The molecule has 1 aromatic heterocycles. The number of rotatable bonds is 5. The summed E-state index contributed by atoms with van der Waals surface area (Å²) in [6.07, 6.45) is 1.48. The Labute approximate surface area is 122 Å². The number of hydrogen-bond donors (Lipinski definition) is 1. The molecule has 0 saturated carbocycles. The highest BCUT2D eigenvalue weighted by atomic mass is 79.9. The lowest BCUT2D eigenvalue weighted by molar-refractivity contribution is -0.384. The Hall–Kier alpha value is -1.74. The van der Waals surface area contributed by atoms with Gasteiger partial charge >= 0.3 is 11.7 Å². The molecule has 9 heteroatoms. The summed E-state index contributed by atoms with van der Waals surface area (Å²) < 4.78 is 5.78. The second-order valence-corrected chi connectivity index (χ2v) is 5.66. The van der Waals surface area contributed by atoms with Gasteiger partial charge in [0.2, 0.25) is 5.82 Å². The maximum atomic E-state index is 11.0. The van der Waals surface area contributed by atoms with E-state index in [-0.39, 0.29) is 18.1 Å². The van der Waals surface area contributed by atoms with Gasteiger partial charge in [0.05, 0.1) is 18.0 Å². The van der Waals surface area contributed by atoms with Crippen molar-refractivity contribution in [1.82, 2.24) is 4.98 Å². The second-order valence-electron chi connectivity index (χ2n) is 4.74. The molecule has 2 rings (SSSR count). The van der Waals surface area contributed by atoms with E-state index in [1.807, 2.05) is 0 Å². The van der Waals surface area contributed by atoms with Crippen molar-refractivity contribution in [2.24, 2.45) is 0 Å². The van der Waals surface area contributed by atoms with E-state index >= 15 is 0 Å². The first kappa shape index (κ1) is 14.7. The van der Waals surface area contributed by atoms with Crippen molar-refractivity contribution in [2.75, 3.05) is 24.6 Å². The summed E-state index contributed by atoms with van der Waals surface area (Å²) >= 11 is 3.14. The third-order valence-electron chi connectivity index (χ3n) is 2.90. The van der Waals surface area contributed by atoms with Crippen LogP contribution in [0.5, 0.6) is 0 Å². The monoisotopic (exact) mass is 345 g/mol. The fraction of sp³-hybridized carbons (Fsp3) is 0.455. The van der Waals surface area contributed by atoms with Gasteiger partial charge in [-0.25, -0.2) is 9.78 Å². The number of hydrogen-bond acceptors (Lipinski definition) is 6. The molecule has 1 aromatic rings. The molecule has 0 radical (unpaired) electrons. The average molecular weight is 346 g/mol. The zero-order valence-corrected chi connectivity index (χ0v) is 12.2. The predicted molar refractivity (Wildman–Crippen MR) is 72.8 cm³/mol. The number of aromatic nitrogens is 1. The number of ether oxygens (including phenoxy) is 1. The largest absolute Gasteiger partial charge is 0.480 e. The highest BCUT2D eigenvalue weighted by molar-refractivity contribution is 9.10. The standard InChI is InChI=1S/C11H12BrN3O5/c1-11(20-4-9(16)17)5-14(6-11)10-8(15(18)19)2-7(12)3-13-10/h2-3H,4-6H2,1H3,(H,16,17). The summed E-state index contributed by atoms with van der Waals surface area (Å²) in [4.78, 5) is 26.7. The van der Waals surface area contributed by atoms with Crippen LogP contribution >= 0.6 is 15.9 Å². The van der Waals surface area contributed by atoms with Crippen LogP contribution in [0.4, 0.5) is 11.5 Å². The van der Waals surface area contributed by atoms with Crippen molar-refractivity contribution in [3.05, 3.63) is 26.9 Å². The Balaban J connectivity index is 2.09. The lowest BCUT2D eigenvalue weighted by Gasteiger charge is -2.47. The Kier molecular flexibility index (Phi) is 3.91. The van der Waals surface area contributed by atoms with E-state index < -0.39 is 16.5 Å². The molecule has 0 bridgehead atoms. The van der Waals surface area contributed by atoms with Gasteiger partial charge < -0.3 is 14.7 Å². The van der Waals surface area contributed by atoms with Crippen LogP contribution in [-0.4, -0.2) is 46.3 Å². The van der Waals surface area contributed by atoms with Crippen LogP contribution in [0.25, 0.3) is 0 Å². The molecular weight excluding hydrogens is 334 g/mol. The molecule has 108 valence electrons. The molecule has 0 spiro atoms. The number of pyridine rings is 1. The molecule has 1 saturated heterocycles. The van der Waals surface area contributed by atoms with Crippen LogP contribution in [0, 0.1) is 10.1 Å². The Bertz CT molecular complexity index is 559. The van der Waals surface area contributed by atoms with E-state index in [2.05, 4.69) is 20.9 Å². The molecule has 1 aliphatic heterocycles. The van der Waals surface area contributed by atoms with Gasteiger partial charge in [-0.1, -0.05) is 0 Å². The van der Waals surface area contributed by atoms with Gasteiger partial charge in [-0.2, -0.15) is 0 Å². The Morgan fingerprint density at radius 2 is 2.35 bits per heavy atom. The number of nitro groups is 1. The van der Waals surface area contributed by atoms with Gasteiger partial charge in [0.1, 0.15) is 12.2 Å². The van der Waals surface area contributed by atoms with Gasteiger partial charge in [0.15, 0.2) is 0 Å². The first-order valence-corrected chi connectivity index (χ1v) is 6.51. The summed E-state index contributed by atoms with van der Waals surface area (Å²) in [6.45, 7) is 2.09. The summed E-state index contributed by atoms with van der Waals surface area (Å²) in [6, 6.07) is 1.39. The topological polar surface area (TPSA) is 106 Å². The minimum atomic E-state index is -1.04. The molecule has 1 aliphatic rings. The Morgan fingerprint density at radius 1 is 1.70 bits per heavy atom. The van der Waals surface area contributed by atoms with Crippen molar-refractivity contribution in [2.45, 2.75) is 12.5 Å². The van der Waals surface area contributed by atoms with E-state index in [1.54, 1.807) is 11.8 Å². The highest BCUT2D eigenvalue weighted by Gasteiger charge is 2.43. The zero-order chi connectivity index (χ0) is 14.9. The van der Waals surface area contributed by atoms with Crippen LogP contribution in [0.3, 0.4) is 0 Å². The van der Waals surface area contributed by atoms with Crippen LogP contribution in [0.15, 0.2) is 16.7 Å². The van der Waals surface area contributed by atoms with Gasteiger partial charge in [0, 0.05) is 16.7 Å². The summed E-state index contributed by atoms with van der Waals surface area (Å²) in [5, 5.41) is 19.6. The van der Waals surface area contributed by atoms with E-state index in [9.17, 15) is 14.9 Å². The number of carbonyl (C=O) groups is 1. The molecular formula is C11H12BrN3O5. The first-order chi connectivity index (χ1) is 9.31. The summed E-state index contributed by atoms with van der Waals surface area (Å²) in [7, 11) is 0. The van der Waals surface area contributed by atoms with E-state index in [4.69, 9.17) is 9.84 Å². The van der Waals surface area contributed by atoms with Gasteiger partial charge in [-0.15, -0.1) is 0 Å². The van der Waals surface area contributed by atoms with Gasteiger partial charge in [0.25, 0.3) is 0 Å². The molecule has 8 nitrogen and oxygen atoms in total. The van der Waals surface area contributed by atoms with Crippen molar-refractivity contribution in [3.63, 3.8) is 0 Å². The normalized spacial score (nSPS) is 16.6. The van der Waals surface area contributed by atoms with Crippen LogP contribution in [-0.2, 0) is 9.53 Å². The van der Waals surface area contributed by atoms with Crippen molar-refractivity contribution in [1.29, 1.82) is 0 Å². The third-order valence-corrected chi connectivity index (χ3v) is 3.34. The SMILES string of the molecule is CC1(OCC(=O)O)CN(c2ncc(Br)cc2[N+](=O)[O-])C1. The van der Waals surface area contributed by atoms with Crippen molar-refractivity contribution < 1.29 is 19.6 Å². The van der Waals surface area contributed by atoms with E-state index in [0.717, 1.165) is 0 Å². The quantitative estimate of drug-likeness (QED) is 0.635. The number of anilines is 1. The van der Waals surface area contributed by atoms with Crippen LogP contribution in [0.1, 0.15) is 6.92 Å². The number of nitrogens with zero attached hydrogens (tertiary/aromatic N) is 3. The third kappa shape index (κ3) is 3.05. The Morgan fingerprint density at radius 3 is 2.90 bits per heavy atom. The molecule has 1 fully saturated rings. The molecule has 2 heterocycles. The molecule has 1 N–H and O–H groups in total. The maximum Gasteiger partial charge on any atom is 0.329 e. The summed E-state index contributed by atoms with van der Waals surface area (Å²) in [5.41, 5.74) is -0.722. The van der Waals surface area contributed by atoms with Gasteiger partial charge in [-0.05, 0) is 22.9 Å². The number of carboxylic acid groups (broad SMARTS) is 1. The number of carboxylic acids is 1. The molecule has 20 heavy (non-hydrogen) atoms. The van der Waals surface area contributed by atoms with Crippen LogP contribution < -0.4 is 4.90 Å². The average Bonchev–Trinajstić information content (AvgIpc) is 2.33. The second kappa shape index (κ2) is 5.33. The highest BCUT2D eigenvalue weighted by Crippen LogP contribution is 2.35. The molecule has 0 aromatic carbocycles. The van der Waals surface area contributed by atoms with Gasteiger partial charge in [-0.3, -0.25) is 10.1 Å². The van der Waals surface area contributed by atoms with E-state index in [1.165, 1.54) is 12.3 Å². The number of halogens is 1. The minimum Gasteiger partial charge on any atom is -0.480 e. The zero-order valence-electron chi connectivity index (χ0n) is 10.6. The maximum absolute atomic E-state index is 11.0. The molecule has 0 atom stereocenters. The van der Waals surface area contributed by atoms with Crippen molar-refractivity contribution in [3.8, 4) is 0 Å². The lowest BCUT2D eigenvalue weighted by atomic mass is 9.96. The fourth-order valence-electron chi connectivity index (χ4n) is 2.04. The van der Waals surface area contributed by atoms with Crippen LogP contribution in [0.2, 0.25) is 0 Å². The minimum absolute atomic E-state index is 0.0975.